The van der Waals surface area contributed by atoms with Gasteiger partial charge in [-0.15, -0.1) is 0 Å². The zero-order valence-electron chi connectivity index (χ0n) is 9.29. The first-order valence-corrected chi connectivity index (χ1v) is 6.24. The van der Waals surface area contributed by atoms with E-state index < -0.39 is 0 Å². The predicted octanol–water partition coefficient (Wildman–Crippen LogP) is 4.65. The summed E-state index contributed by atoms with van der Waals surface area (Å²) in [5.74, 6) is 0. The van der Waals surface area contributed by atoms with E-state index in [4.69, 9.17) is 23.2 Å². The molecule has 17 heavy (non-hydrogen) atoms. The van der Waals surface area contributed by atoms with Crippen LogP contribution in [0.15, 0.2) is 48.5 Å². The highest BCUT2D eigenvalue weighted by atomic mass is 35.5. The summed E-state index contributed by atoms with van der Waals surface area (Å²) in [7, 11) is 0. The van der Waals surface area contributed by atoms with Gasteiger partial charge in [0, 0.05) is 11.6 Å². The smallest absolute Gasteiger partial charge is 0.0652 e. The lowest BCUT2D eigenvalue weighted by molar-refractivity contribution is 1.02. The van der Waals surface area contributed by atoms with E-state index in [1.165, 1.54) is 5.56 Å². The van der Waals surface area contributed by atoms with Crippen LogP contribution in [0.5, 0.6) is 0 Å². The van der Waals surface area contributed by atoms with E-state index in [1.807, 2.05) is 30.3 Å². The number of hydrogen-bond acceptors (Lipinski definition) is 1. The Morgan fingerprint density at radius 1 is 0.941 bits per heavy atom. The van der Waals surface area contributed by atoms with Crippen LogP contribution in [-0.4, -0.2) is 6.54 Å². The highest BCUT2D eigenvalue weighted by Crippen LogP contribution is 2.25. The van der Waals surface area contributed by atoms with E-state index in [0.717, 1.165) is 18.7 Å². The van der Waals surface area contributed by atoms with E-state index in [0.29, 0.717) is 10.0 Å². The van der Waals surface area contributed by atoms with Crippen molar-refractivity contribution in [3.63, 3.8) is 0 Å². The Bertz CT molecular complexity index is 483. The fraction of sp³-hybridized carbons (Fsp3) is 0.143. The number of nitrogens with one attached hydrogen (secondary N) is 1. The summed E-state index contributed by atoms with van der Waals surface area (Å²) in [4.78, 5) is 0. The molecule has 1 N–H and O–H groups in total. The molecule has 0 spiro atoms. The van der Waals surface area contributed by atoms with Gasteiger partial charge in [0.1, 0.15) is 0 Å². The minimum Gasteiger partial charge on any atom is -0.384 e. The van der Waals surface area contributed by atoms with Crippen molar-refractivity contribution in [2.45, 2.75) is 6.42 Å². The van der Waals surface area contributed by atoms with Gasteiger partial charge in [-0.3, -0.25) is 0 Å². The largest absolute Gasteiger partial charge is 0.384 e. The van der Waals surface area contributed by atoms with Crippen LogP contribution in [0.3, 0.4) is 0 Å². The highest BCUT2D eigenvalue weighted by Gasteiger charge is 2.00. The Balaban J connectivity index is 1.90. The highest BCUT2D eigenvalue weighted by molar-refractivity contribution is 6.36. The van der Waals surface area contributed by atoms with Crippen LogP contribution < -0.4 is 5.32 Å². The minimum atomic E-state index is 0.656. The molecule has 0 bridgehead atoms. The van der Waals surface area contributed by atoms with Crippen molar-refractivity contribution in [1.29, 1.82) is 0 Å². The van der Waals surface area contributed by atoms with Crippen LogP contribution in [0.2, 0.25) is 10.0 Å². The third-order valence-corrected chi connectivity index (χ3v) is 3.05. The zero-order valence-corrected chi connectivity index (χ0v) is 10.8. The van der Waals surface area contributed by atoms with Crippen molar-refractivity contribution in [3.05, 3.63) is 64.1 Å². The summed E-state index contributed by atoms with van der Waals surface area (Å²) in [6, 6.07) is 15.8. The molecule has 2 aromatic carbocycles. The molecule has 3 heteroatoms. The molecule has 0 radical (unpaired) electrons. The van der Waals surface area contributed by atoms with Gasteiger partial charge in [-0.05, 0) is 30.2 Å². The molecule has 0 aromatic heterocycles. The lowest BCUT2D eigenvalue weighted by atomic mass is 10.1. The SMILES string of the molecule is Clc1ccc(NCCc2ccccc2)c(Cl)c1. The predicted molar refractivity (Wildman–Crippen MR) is 75.1 cm³/mol. The number of halogens is 2. The Kier molecular flexibility index (Phi) is 4.29. The van der Waals surface area contributed by atoms with Gasteiger partial charge in [0.2, 0.25) is 0 Å². The van der Waals surface area contributed by atoms with Crippen LogP contribution in [0.1, 0.15) is 5.56 Å². The lowest BCUT2D eigenvalue weighted by Crippen LogP contribution is -2.05. The second-order valence-corrected chi connectivity index (χ2v) is 4.63. The molecule has 0 unspecified atom stereocenters. The topological polar surface area (TPSA) is 12.0 Å². The first-order chi connectivity index (χ1) is 8.25. The van der Waals surface area contributed by atoms with Gasteiger partial charge in [0.05, 0.1) is 10.7 Å². The van der Waals surface area contributed by atoms with Crippen molar-refractivity contribution < 1.29 is 0 Å². The first-order valence-electron chi connectivity index (χ1n) is 5.48. The number of rotatable bonds is 4. The van der Waals surface area contributed by atoms with Crippen LogP contribution in [0, 0.1) is 0 Å². The Labute approximate surface area is 111 Å². The van der Waals surface area contributed by atoms with Gasteiger partial charge in [-0.2, -0.15) is 0 Å². The van der Waals surface area contributed by atoms with E-state index in [9.17, 15) is 0 Å². The van der Waals surface area contributed by atoms with E-state index in [-0.39, 0.29) is 0 Å². The fourth-order valence-electron chi connectivity index (χ4n) is 1.62. The van der Waals surface area contributed by atoms with Gasteiger partial charge in [0.25, 0.3) is 0 Å². The molecule has 2 rings (SSSR count). The van der Waals surface area contributed by atoms with Crippen LogP contribution in [0.4, 0.5) is 5.69 Å². The maximum absolute atomic E-state index is 6.06. The van der Waals surface area contributed by atoms with Crippen molar-refractivity contribution in [3.8, 4) is 0 Å². The number of hydrogen-bond donors (Lipinski definition) is 1. The zero-order chi connectivity index (χ0) is 12.1. The second kappa shape index (κ2) is 5.95. The van der Waals surface area contributed by atoms with Crippen LogP contribution in [-0.2, 0) is 6.42 Å². The van der Waals surface area contributed by atoms with Gasteiger partial charge < -0.3 is 5.32 Å². The van der Waals surface area contributed by atoms with E-state index in [1.54, 1.807) is 6.07 Å². The van der Waals surface area contributed by atoms with Crippen molar-refractivity contribution in [2.24, 2.45) is 0 Å². The third kappa shape index (κ3) is 3.65. The second-order valence-electron chi connectivity index (χ2n) is 3.79. The van der Waals surface area contributed by atoms with Crippen LogP contribution in [0.25, 0.3) is 0 Å². The summed E-state index contributed by atoms with van der Waals surface area (Å²) in [6.07, 6.45) is 0.972. The van der Waals surface area contributed by atoms with E-state index in [2.05, 4.69) is 17.4 Å². The first kappa shape index (κ1) is 12.3. The number of anilines is 1. The molecule has 0 amide bonds. The summed E-state index contributed by atoms with van der Waals surface area (Å²) >= 11 is 11.9. The van der Waals surface area contributed by atoms with Crippen molar-refractivity contribution >= 4 is 28.9 Å². The molecule has 0 aliphatic rings. The summed E-state index contributed by atoms with van der Waals surface area (Å²) in [6.45, 7) is 0.853. The maximum Gasteiger partial charge on any atom is 0.0652 e. The molecule has 2 aromatic rings. The van der Waals surface area contributed by atoms with Crippen molar-refractivity contribution in [2.75, 3.05) is 11.9 Å². The number of benzene rings is 2. The Hall–Kier alpha value is -1.18. The minimum absolute atomic E-state index is 0.656. The summed E-state index contributed by atoms with van der Waals surface area (Å²) in [5, 5.41) is 4.61. The molecule has 1 nitrogen and oxygen atoms in total. The fourth-order valence-corrected chi connectivity index (χ4v) is 2.09. The summed E-state index contributed by atoms with van der Waals surface area (Å²) in [5.41, 5.74) is 2.23. The van der Waals surface area contributed by atoms with Gasteiger partial charge >= 0.3 is 0 Å². The summed E-state index contributed by atoms with van der Waals surface area (Å²) < 4.78 is 0. The molecular formula is C14H13Cl2N. The average Bonchev–Trinajstić information content (AvgIpc) is 2.33. The molecule has 0 saturated heterocycles. The lowest BCUT2D eigenvalue weighted by Gasteiger charge is -2.08. The average molecular weight is 266 g/mol. The molecular weight excluding hydrogens is 253 g/mol. The molecule has 0 fully saturated rings. The molecule has 0 aliphatic carbocycles. The molecule has 0 saturated carbocycles. The molecule has 0 atom stereocenters. The van der Waals surface area contributed by atoms with Crippen molar-refractivity contribution in [1.82, 2.24) is 0 Å². The maximum atomic E-state index is 6.06. The molecule has 0 aliphatic heterocycles. The Morgan fingerprint density at radius 3 is 2.41 bits per heavy atom. The van der Waals surface area contributed by atoms with Gasteiger partial charge in [-0.1, -0.05) is 53.5 Å². The van der Waals surface area contributed by atoms with Gasteiger partial charge in [-0.25, -0.2) is 0 Å². The third-order valence-electron chi connectivity index (χ3n) is 2.50. The Morgan fingerprint density at radius 2 is 1.71 bits per heavy atom. The quantitative estimate of drug-likeness (QED) is 0.849. The molecule has 88 valence electrons. The van der Waals surface area contributed by atoms with Crippen LogP contribution >= 0.6 is 23.2 Å². The van der Waals surface area contributed by atoms with Gasteiger partial charge in [0.15, 0.2) is 0 Å². The normalized spacial score (nSPS) is 10.2. The monoisotopic (exact) mass is 265 g/mol. The molecule has 0 heterocycles. The van der Waals surface area contributed by atoms with E-state index >= 15 is 0 Å². The standard InChI is InChI=1S/C14H13Cl2N/c15-12-6-7-14(13(16)10-12)17-9-8-11-4-2-1-3-5-11/h1-7,10,17H,8-9H2.